The van der Waals surface area contributed by atoms with Gasteiger partial charge in [0.25, 0.3) is 0 Å². The van der Waals surface area contributed by atoms with Crippen LogP contribution >= 0.6 is 23.4 Å². The molecule has 1 saturated carbocycles. The number of hydrogen-bond acceptors (Lipinski definition) is 5. The smallest absolute Gasteiger partial charge is 0.166 e. The van der Waals surface area contributed by atoms with Crippen molar-refractivity contribution in [3.8, 4) is 17.0 Å². The zero-order valence-corrected chi connectivity index (χ0v) is 18.1. The molecule has 3 aromatic rings. The molecule has 0 spiro atoms. The number of halogens is 2. The lowest BCUT2D eigenvalue weighted by molar-refractivity contribution is 0.415. The highest BCUT2D eigenvalue weighted by Crippen LogP contribution is 2.38. The Morgan fingerprint density at radius 1 is 1.38 bits per heavy atom. The van der Waals surface area contributed by atoms with E-state index in [-0.39, 0.29) is 6.67 Å². The van der Waals surface area contributed by atoms with E-state index in [1.165, 1.54) is 12.8 Å². The summed E-state index contributed by atoms with van der Waals surface area (Å²) >= 11 is 8.11. The van der Waals surface area contributed by atoms with Crippen molar-refractivity contribution in [3.05, 3.63) is 35.6 Å². The van der Waals surface area contributed by atoms with Crippen LogP contribution in [0.4, 0.5) is 10.2 Å². The van der Waals surface area contributed by atoms with Crippen LogP contribution in [-0.4, -0.2) is 47.5 Å². The van der Waals surface area contributed by atoms with E-state index in [4.69, 9.17) is 21.3 Å². The summed E-state index contributed by atoms with van der Waals surface area (Å²) in [6.07, 6.45) is 8.70. The molecule has 0 atom stereocenters. The SMILES string of the molecule is COc1ccc(-c2nccn3c(N(CCCF)CC4CC4)c(SC)nc23)c(Cl)c1. The Kier molecular flexibility index (Phi) is 6.15. The standard InChI is InChI=1S/C21H24ClFN4OS/c1-28-15-6-7-16(17(22)12-15)18-19-25-20(29-2)21(27(19)11-9-24-18)26(10-3-8-23)13-14-4-5-14/h6-7,9,11-12,14H,3-5,8,10,13H2,1-2H3. The predicted octanol–water partition coefficient (Wildman–Crippen LogP) is 5.36. The number of methoxy groups -OCH3 is 1. The molecule has 1 aromatic carbocycles. The van der Waals surface area contributed by atoms with E-state index in [2.05, 4.69) is 14.3 Å². The quantitative estimate of drug-likeness (QED) is 0.424. The molecule has 29 heavy (non-hydrogen) atoms. The highest BCUT2D eigenvalue weighted by Gasteiger charge is 2.28. The van der Waals surface area contributed by atoms with Crippen molar-refractivity contribution in [1.29, 1.82) is 0 Å². The first kappa shape index (κ1) is 20.3. The van der Waals surface area contributed by atoms with E-state index < -0.39 is 0 Å². The summed E-state index contributed by atoms with van der Waals surface area (Å²) in [6, 6.07) is 5.55. The summed E-state index contributed by atoms with van der Waals surface area (Å²) in [6.45, 7) is 1.29. The number of benzene rings is 1. The van der Waals surface area contributed by atoms with Gasteiger partial charge in [-0.15, -0.1) is 11.8 Å². The molecule has 1 fully saturated rings. The number of anilines is 1. The molecule has 154 valence electrons. The monoisotopic (exact) mass is 434 g/mol. The van der Waals surface area contributed by atoms with Crippen molar-refractivity contribution in [2.75, 3.05) is 38.0 Å². The number of aromatic nitrogens is 3. The third-order valence-corrected chi connectivity index (χ3v) is 6.12. The molecule has 2 aromatic heterocycles. The van der Waals surface area contributed by atoms with Gasteiger partial charge in [0.15, 0.2) is 5.65 Å². The van der Waals surface area contributed by atoms with E-state index >= 15 is 0 Å². The highest BCUT2D eigenvalue weighted by atomic mass is 35.5. The third kappa shape index (κ3) is 4.16. The van der Waals surface area contributed by atoms with Gasteiger partial charge in [0, 0.05) is 31.0 Å². The molecule has 5 nitrogen and oxygen atoms in total. The van der Waals surface area contributed by atoms with Gasteiger partial charge in [0.2, 0.25) is 0 Å². The van der Waals surface area contributed by atoms with Gasteiger partial charge in [-0.05, 0) is 49.6 Å². The van der Waals surface area contributed by atoms with Crippen molar-refractivity contribution >= 4 is 34.8 Å². The van der Waals surface area contributed by atoms with Crippen LogP contribution in [0.2, 0.25) is 5.02 Å². The minimum atomic E-state index is -0.319. The molecule has 0 radical (unpaired) electrons. The molecule has 0 saturated heterocycles. The lowest BCUT2D eigenvalue weighted by Gasteiger charge is -2.24. The Morgan fingerprint density at radius 2 is 2.21 bits per heavy atom. The molecule has 2 heterocycles. The van der Waals surface area contributed by atoms with Crippen LogP contribution in [-0.2, 0) is 0 Å². The Bertz CT molecular complexity index is 1010. The molecule has 0 N–H and O–H groups in total. The Balaban J connectivity index is 1.83. The van der Waals surface area contributed by atoms with Crippen LogP contribution in [0.5, 0.6) is 5.75 Å². The van der Waals surface area contributed by atoms with Crippen LogP contribution in [0, 0.1) is 5.92 Å². The summed E-state index contributed by atoms with van der Waals surface area (Å²) in [5.74, 6) is 2.40. The molecule has 0 aliphatic heterocycles. The zero-order valence-electron chi connectivity index (χ0n) is 16.6. The Hall–Kier alpha value is -1.99. The van der Waals surface area contributed by atoms with Gasteiger partial charge in [-0.2, -0.15) is 0 Å². The maximum atomic E-state index is 12.9. The molecule has 1 aliphatic carbocycles. The first-order chi connectivity index (χ1) is 14.2. The van der Waals surface area contributed by atoms with E-state index in [9.17, 15) is 4.39 Å². The van der Waals surface area contributed by atoms with Gasteiger partial charge >= 0.3 is 0 Å². The topological polar surface area (TPSA) is 42.7 Å². The van der Waals surface area contributed by atoms with Crippen LogP contribution in [0.1, 0.15) is 19.3 Å². The first-order valence-electron chi connectivity index (χ1n) is 9.72. The first-order valence-corrected chi connectivity index (χ1v) is 11.3. The van der Waals surface area contributed by atoms with Crippen molar-refractivity contribution < 1.29 is 9.13 Å². The van der Waals surface area contributed by atoms with Crippen molar-refractivity contribution in [3.63, 3.8) is 0 Å². The number of hydrogen-bond donors (Lipinski definition) is 0. The summed E-state index contributed by atoms with van der Waals surface area (Å²) in [7, 11) is 1.61. The maximum absolute atomic E-state index is 12.9. The molecule has 0 bridgehead atoms. The van der Waals surface area contributed by atoms with Gasteiger partial charge in [-0.1, -0.05) is 11.6 Å². The van der Waals surface area contributed by atoms with Crippen LogP contribution in [0.3, 0.4) is 0 Å². The molecule has 0 amide bonds. The minimum absolute atomic E-state index is 0.319. The average Bonchev–Trinajstić information content (AvgIpc) is 3.48. The fourth-order valence-corrected chi connectivity index (χ4v) is 4.37. The molecule has 4 rings (SSSR count). The average molecular weight is 435 g/mol. The van der Waals surface area contributed by atoms with Gasteiger partial charge in [-0.3, -0.25) is 13.8 Å². The van der Waals surface area contributed by atoms with Gasteiger partial charge in [0.05, 0.1) is 18.8 Å². The lowest BCUT2D eigenvalue weighted by atomic mass is 10.1. The summed E-state index contributed by atoms with van der Waals surface area (Å²) < 4.78 is 20.3. The number of rotatable bonds is 9. The minimum Gasteiger partial charge on any atom is -0.497 e. The molecule has 0 unspecified atom stereocenters. The van der Waals surface area contributed by atoms with Gasteiger partial charge in [0.1, 0.15) is 22.3 Å². The summed E-state index contributed by atoms with van der Waals surface area (Å²) in [5, 5.41) is 1.48. The number of fused-ring (bicyclic) bond motifs is 1. The predicted molar refractivity (Wildman–Crippen MR) is 117 cm³/mol. The Labute approximate surface area is 179 Å². The second-order valence-electron chi connectivity index (χ2n) is 7.19. The fraction of sp³-hybridized carbons (Fsp3) is 0.429. The third-order valence-electron chi connectivity index (χ3n) is 5.15. The summed E-state index contributed by atoms with van der Waals surface area (Å²) in [5.41, 5.74) is 2.28. The Morgan fingerprint density at radius 3 is 2.86 bits per heavy atom. The van der Waals surface area contributed by atoms with Crippen molar-refractivity contribution in [2.45, 2.75) is 24.3 Å². The van der Waals surface area contributed by atoms with E-state index in [0.29, 0.717) is 29.7 Å². The number of imidazole rings is 1. The highest BCUT2D eigenvalue weighted by molar-refractivity contribution is 7.98. The van der Waals surface area contributed by atoms with Crippen molar-refractivity contribution in [1.82, 2.24) is 14.4 Å². The van der Waals surface area contributed by atoms with Gasteiger partial charge in [-0.25, -0.2) is 4.98 Å². The van der Waals surface area contributed by atoms with E-state index in [1.807, 2.05) is 24.6 Å². The largest absolute Gasteiger partial charge is 0.497 e. The molecule has 1 aliphatic rings. The summed E-state index contributed by atoms with van der Waals surface area (Å²) in [4.78, 5) is 11.7. The van der Waals surface area contributed by atoms with Crippen molar-refractivity contribution in [2.24, 2.45) is 5.92 Å². The zero-order chi connectivity index (χ0) is 20.4. The normalized spacial score (nSPS) is 13.8. The number of ether oxygens (including phenoxy) is 1. The maximum Gasteiger partial charge on any atom is 0.166 e. The van der Waals surface area contributed by atoms with Crippen LogP contribution in [0.25, 0.3) is 16.9 Å². The second-order valence-corrected chi connectivity index (χ2v) is 8.39. The molecular formula is C21H24ClFN4OS. The van der Waals surface area contributed by atoms with Gasteiger partial charge < -0.3 is 9.64 Å². The van der Waals surface area contributed by atoms with E-state index in [1.54, 1.807) is 31.1 Å². The lowest BCUT2D eigenvalue weighted by Crippen LogP contribution is -2.29. The van der Waals surface area contributed by atoms with Crippen LogP contribution in [0.15, 0.2) is 35.6 Å². The molecular weight excluding hydrogens is 411 g/mol. The van der Waals surface area contributed by atoms with E-state index in [0.717, 1.165) is 34.3 Å². The fourth-order valence-electron chi connectivity index (χ4n) is 3.52. The number of nitrogens with zero attached hydrogens (tertiary/aromatic N) is 4. The number of thioether (sulfide) groups is 1. The molecule has 8 heteroatoms. The van der Waals surface area contributed by atoms with Crippen LogP contribution < -0.4 is 9.64 Å². The number of alkyl halides is 1. The second kappa shape index (κ2) is 8.79.